The fourth-order valence-electron chi connectivity index (χ4n) is 2.18. The van der Waals surface area contributed by atoms with Crippen LogP contribution >= 0.6 is 0 Å². The highest BCUT2D eigenvalue weighted by molar-refractivity contribution is 7.89. The third-order valence-electron chi connectivity index (χ3n) is 3.32. The van der Waals surface area contributed by atoms with Crippen molar-refractivity contribution < 1.29 is 13.3 Å². The van der Waals surface area contributed by atoms with Gasteiger partial charge < -0.3 is 4.90 Å². The summed E-state index contributed by atoms with van der Waals surface area (Å²) in [7, 11) is 0.536. The van der Waals surface area contributed by atoms with Crippen LogP contribution in [0.5, 0.6) is 0 Å². The molecule has 2 aromatic carbocycles. The maximum atomic E-state index is 12.3. The second kappa shape index (κ2) is 7.38. The molecule has 2 rings (SSSR count). The molecular formula is C17H20N3O2S+. The monoisotopic (exact) mass is 330 g/mol. The van der Waals surface area contributed by atoms with Crippen molar-refractivity contribution in [1.29, 1.82) is 5.26 Å². The van der Waals surface area contributed by atoms with Crippen LogP contribution in [0.2, 0.25) is 0 Å². The highest BCUT2D eigenvalue weighted by Crippen LogP contribution is 2.12. The normalized spacial score (nSPS) is 11.4. The Labute approximate surface area is 137 Å². The van der Waals surface area contributed by atoms with Gasteiger partial charge in [-0.25, -0.2) is 13.1 Å². The first-order valence-electron chi connectivity index (χ1n) is 7.27. The third kappa shape index (κ3) is 4.89. The van der Waals surface area contributed by atoms with Crippen molar-refractivity contribution in [2.75, 3.05) is 14.1 Å². The van der Waals surface area contributed by atoms with Crippen LogP contribution in [0.15, 0.2) is 53.4 Å². The van der Waals surface area contributed by atoms with Gasteiger partial charge in [-0.2, -0.15) is 5.26 Å². The zero-order chi connectivity index (χ0) is 16.9. The minimum atomic E-state index is -3.63. The second-order valence-corrected chi connectivity index (χ2v) is 7.43. The first kappa shape index (κ1) is 17.2. The molecule has 0 amide bonds. The fourth-order valence-corrected chi connectivity index (χ4v) is 3.24. The molecule has 0 bridgehead atoms. The van der Waals surface area contributed by atoms with Gasteiger partial charge in [-0.15, -0.1) is 0 Å². The number of nitrogens with zero attached hydrogens (tertiary/aromatic N) is 1. The Kier molecular flexibility index (Phi) is 5.50. The second-order valence-electron chi connectivity index (χ2n) is 5.66. The van der Waals surface area contributed by atoms with E-state index in [1.807, 2.05) is 30.3 Å². The van der Waals surface area contributed by atoms with Crippen LogP contribution < -0.4 is 9.62 Å². The average Bonchev–Trinajstić information content (AvgIpc) is 2.54. The number of benzene rings is 2. The Morgan fingerprint density at radius 2 is 1.74 bits per heavy atom. The van der Waals surface area contributed by atoms with E-state index in [9.17, 15) is 8.42 Å². The highest BCUT2D eigenvalue weighted by atomic mass is 32.2. The molecular weight excluding hydrogens is 310 g/mol. The van der Waals surface area contributed by atoms with Crippen molar-refractivity contribution in [3.05, 3.63) is 65.2 Å². The minimum Gasteiger partial charge on any atom is -0.336 e. The van der Waals surface area contributed by atoms with Crippen molar-refractivity contribution >= 4 is 10.0 Å². The van der Waals surface area contributed by atoms with E-state index in [1.54, 1.807) is 12.1 Å². The summed E-state index contributed by atoms with van der Waals surface area (Å²) in [6, 6.07) is 15.8. The van der Waals surface area contributed by atoms with Gasteiger partial charge in [0.05, 0.1) is 30.6 Å². The number of quaternary nitrogens is 1. The molecule has 0 aliphatic heterocycles. The van der Waals surface area contributed by atoms with E-state index in [1.165, 1.54) is 22.6 Å². The Morgan fingerprint density at radius 1 is 1.09 bits per heavy atom. The molecule has 0 radical (unpaired) electrons. The number of sulfonamides is 1. The summed E-state index contributed by atoms with van der Waals surface area (Å²) < 4.78 is 27.1. The molecule has 0 saturated carbocycles. The van der Waals surface area contributed by atoms with Crippen LogP contribution in [-0.2, 0) is 23.1 Å². The topological polar surface area (TPSA) is 74.4 Å². The summed E-state index contributed by atoms with van der Waals surface area (Å²) in [4.78, 5) is 1.43. The molecule has 0 aliphatic rings. The van der Waals surface area contributed by atoms with Crippen LogP contribution in [0.3, 0.4) is 0 Å². The molecule has 2 aromatic rings. The summed E-state index contributed by atoms with van der Waals surface area (Å²) in [5.74, 6) is 0. The molecule has 0 fully saturated rings. The van der Waals surface area contributed by atoms with Crippen molar-refractivity contribution in [2.45, 2.75) is 18.0 Å². The van der Waals surface area contributed by atoms with Gasteiger partial charge in [-0.3, -0.25) is 0 Å². The fraction of sp³-hybridized carbons (Fsp3) is 0.235. The van der Waals surface area contributed by atoms with Gasteiger partial charge in [0, 0.05) is 12.1 Å². The molecule has 0 spiro atoms. The Morgan fingerprint density at radius 3 is 2.35 bits per heavy atom. The minimum absolute atomic E-state index is 0.101. The number of rotatable bonds is 6. The van der Waals surface area contributed by atoms with Crippen LogP contribution in [0.25, 0.3) is 0 Å². The zero-order valence-corrected chi connectivity index (χ0v) is 14.0. The first-order valence-corrected chi connectivity index (χ1v) is 8.76. The van der Waals surface area contributed by atoms with E-state index in [2.05, 4.69) is 18.8 Å². The van der Waals surface area contributed by atoms with E-state index in [0.717, 1.165) is 12.1 Å². The number of nitrogens with one attached hydrogen (secondary N) is 2. The molecule has 0 saturated heterocycles. The lowest BCUT2D eigenvalue weighted by atomic mass is 10.1. The van der Waals surface area contributed by atoms with E-state index < -0.39 is 10.0 Å². The van der Waals surface area contributed by atoms with Crippen LogP contribution in [-0.4, -0.2) is 22.5 Å². The number of hydrogen-bond acceptors (Lipinski definition) is 3. The quantitative estimate of drug-likeness (QED) is 0.818. The smallest absolute Gasteiger partial charge is 0.240 e. The van der Waals surface area contributed by atoms with Gasteiger partial charge in [0.15, 0.2) is 0 Å². The van der Waals surface area contributed by atoms with Gasteiger partial charge in [-0.1, -0.05) is 30.3 Å². The molecule has 0 aliphatic carbocycles. The lowest BCUT2D eigenvalue weighted by molar-refractivity contribution is -0.872. The van der Waals surface area contributed by atoms with Gasteiger partial charge in [-0.05, 0) is 23.8 Å². The number of hydrogen-bond donors (Lipinski definition) is 2. The Hall–Kier alpha value is -2.20. The van der Waals surface area contributed by atoms with Crippen molar-refractivity contribution in [3.63, 3.8) is 0 Å². The molecule has 5 nitrogen and oxygen atoms in total. The SMILES string of the molecule is C[NH+](C)Cc1ccc(CNS(=O)(=O)c2cccc(C#N)c2)cc1. The van der Waals surface area contributed by atoms with Gasteiger partial charge in [0.1, 0.15) is 6.54 Å². The van der Waals surface area contributed by atoms with E-state index in [4.69, 9.17) is 5.26 Å². The predicted octanol–water partition coefficient (Wildman–Crippen LogP) is 0.681. The summed E-state index contributed by atoms with van der Waals surface area (Å²) >= 11 is 0. The van der Waals surface area contributed by atoms with E-state index in [-0.39, 0.29) is 11.4 Å². The summed E-state index contributed by atoms with van der Waals surface area (Å²) in [6.45, 7) is 1.14. The largest absolute Gasteiger partial charge is 0.336 e. The van der Waals surface area contributed by atoms with Crippen molar-refractivity contribution in [2.24, 2.45) is 0 Å². The van der Waals surface area contributed by atoms with E-state index in [0.29, 0.717) is 5.56 Å². The molecule has 0 unspecified atom stereocenters. The van der Waals surface area contributed by atoms with Crippen LogP contribution in [0.1, 0.15) is 16.7 Å². The van der Waals surface area contributed by atoms with Crippen LogP contribution in [0, 0.1) is 11.3 Å². The highest BCUT2D eigenvalue weighted by Gasteiger charge is 2.14. The molecule has 120 valence electrons. The Balaban J connectivity index is 2.05. The van der Waals surface area contributed by atoms with Gasteiger partial charge in [0.25, 0.3) is 0 Å². The van der Waals surface area contributed by atoms with Gasteiger partial charge >= 0.3 is 0 Å². The van der Waals surface area contributed by atoms with Gasteiger partial charge in [0.2, 0.25) is 10.0 Å². The first-order chi connectivity index (χ1) is 10.9. The molecule has 6 heteroatoms. The van der Waals surface area contributed by atoms with E-state index >= 15 is 0 Å². The Bertz CT molecular complexity index is 806. The molecule has 0 aromatic heterocycles. The van der Waals surface area contributed by atoms with Crippen molar-refractivity contribution in [3.8, 4) is 6.07 Å². The summed E-state index contributed by atoms with van der Waals surface area (Å²) in [6.07, 6.45) is 0. The zero-order valence-electron chi connectivity index (χ0n) is 13.2. The third-order valence-corrected chi connectivity index (χ3v) is 4.72. The predicted molar refractivity (Wildman–Crippen MR) is 88.1 cm³/mol. The van der Waals surface area contributed by atoms with Crippen molar-refractivity contribution in [1.82, 2.24) is 4.72 Å². The molecule has 2 N–H and O–H groups in total. The molecule has 0 heterocycles. The molecule has 0 atom stereocenters. The summed E-state index contributed by atoms with van der Waals surface area (Å²) in [5.41, 5.74) is 2.42. The average molecular weight is 330 g/mol. The lowest BCUT2D eigenvalue weighted by Gasteiger charge is -2.09. The standard InChI is InChI=1S/C17H19N3O2S/c1-20(2)13-15-8-6-14(7-9-15)12-19-23(21,22)17-5-3-4-16(10-17)11-18/h3-10,19H,12-13H2,1-2H3/p+1. The molecule has 23 heavy (non-hydrogen) atoms. The lowest BCUT2D eigenvalue weighted by Crippen LogP contribution is -3.04. The maximum absolute atomic E-state index is 12.3. The maximum Gasteiger partial charge on any atom is 0.240 e. The summed E-state index contributed by atoms with van der Waals surface area (Å²) in [5, 5.41) is 8.86. The van der Waals surface area contributed by atoms with Crippen LogP contribution in [0.4, 0.5) is 0 Å². The number of nitriles is 1.